The molecule has 0 bridgehead atoms. The van der Waals surface area contributed by atoms with Gasteiger partial charge >= 0.3 is 6.03 Å². The standard InChI is InChI=1S/C10H17N3O3/c1-3-6-11-10(16)12-7-4-5-8(14)13(2)9(7)15/h7H,3-6H2,1-2H3,(H2,11,12,16). The van der Waals surface area contributed by atoms with Crippen LogP contribution in [0.3, 0.4) is 0 Å². The Bertz CT molecular complexity index is 304. The molecule has 90 valence electrons. The Morgan fingerprint density at radius 1 is 1.50 bits per heavy atom. The van der Waals surface area contributed by atoms with Crippen LogP contribution in [0.15, 0.2) is 0 Å². The molecule has 1 unspecified atom stereocenters. The highest BCUT2D eigenvalue weighted by molar-refractivity contribution is 6.01. The lowest BCUT2D eigenvalue weighted by Gasteiger charge is -2.28. The van der Waals surface area contributed by atoms with Crippen LogP contribution in [0, 0.1) is 0 Å². The number of hydrogen-bond acceptors (Lipinski definition) is 3. The van der Waals surface area contributed by atoms with Crippen LogP contribution in [0.4, 0.5) is 4.79 Å². The Hall–Kier alpha value is -1.59. The second-order valence-corrected chi connectivity index (χ2v) is 3.78. The van der Waals surface area contributed by atoms with Gasteiger partial charge in [0.2, 0.25) is 5.91 Å². The quantitative estimate of drug-likeness (QED) is 0.658. The number of imide groups is 1. The average molecular weight is 227 g/mol. The van der Waals surface area contributed by atoms with E-state index in [2.05, 4.69) is 10.6 Å². The largest absolute Gasteiger partial charge is 0.338 e. The van der Waals surface area contributed by atoms with Gasteiger partial charge in [0.25, 0.3) is 5.91 Å². The first kappa shape index (κ1) is 12.5. The van der Waals surface area contributed by atoms with Gasteiger partial charge in [-0.25, -0.2) is 4.79 Å². The van der Waals surface area contributed by atoms with Crippen LogP contribution in [0.5, 0.6) is 0 Å². The summed E-state index contributed by atoms with van der Waals surface area (Å²) in [6, 6.07) is -0.942. The minimum absolute atomic E-state index is 0.197. The molecule has 0 aromatic rings. The van der Waals surface area contributed by atoms with Crippen LogP contribution in [0.25, 0.3) is 0 Å². The monoisotopic (exact) mass is 227 g/mol. The molecule has 4 amide bonds. The fourth-order valence-corrected chi connectivity index (χ4v) is 1.50. The molecular weight excluding hydrogens is 210 g/mol. The third-order valence-corrected chi connectivity index (χ3v) is 2.49. The summed E-state index contributed by atoms with van der Waals surface area (Å²) in [6.45, 7) is 2.51. The van der Waals surface area contributed by atoms with E-state index in [1.807, 2.05) is 6.92 Å². The highest BCUT2D eigenvalue weighted by Crippen LogP contribution is 2.10. The summed E-state index contributed by atoms with van der Waals surface area (Å²) >= 11 is 0. The first-order chi connectivity index (χ1) is 7.56. The van der Waals surface area contributed by atoms with Gasteiger partial charge < -0.3 is 10.6 Å². The normalized spacial score (nSPS) is 20.9. The van der Waals surface area contributed by atoms with Gasteiger partial charge in [0.15, 0.2) is 0 Å². The summed E-state index contributed by atoms with van der Waals surface area (Å²) in [5.41, 5.74) is 0. The fraction of sp³-hybridized carbons (Fsp3) is 0.700. The van der Waals surface area contributed by atoms with E-state index in [1.165, 1.54) is 7.05 Å². The summed E-state index contributed by atoms with van der Waals surface area (Å²) in [5.74, 6) is -0.542. The van der Waals surface area contributed by atoms with E-state index in [-0.39, 0.29) is 17.8 Å². The maximum atomic E-state index is 11.6. The van der Waals surface area contributed by atoms with Crippen molar-refractivity contribution >= 4 is 17.8 Å². The van der Waals surface area contributed by atoms with Gasteiger partial charge in [0.1, 0.15) is 6.04 Å². The van der Waals surface area contributed by atoms with Crippen molar-refractivity contribution in [3.63, 3.8) is 0 Å². The summed E-state index contributed by atoms with van der Waals surface area (Å²) in [5, 5.41) is 5.18. The van der Waals surface area contributed by atoms with E-state index in [4.69, 9.17) is 0 Å². The Morgan fingerprint density at radius 3 is 2.81 bits per heavy atom. The number of likely N-dealkylation sites (N-methyl/N-ethyl adjacent to an activating group) is 1. The molecule has 1 fully saturated rings. The Morgan fingerprint density at radius 2 is 2.19 bits per heavy atom. The zero-order chi connectivity index (χ0) is 12.1. The van der Waals surface area contributed by atoms with Crippen molar-refractivity contribution in [3.05, 3.63) is 0 Å². The van der Waals surface area contributed by atoms with Crippen molar-refractivity contribution in [2.75, 3.05) is 13.6 Å². The van der Waals surface area contributed by atoms with Gasteiger partial charge in [0.05, 0.1) is 0 Å². The van der Waals surface area contributed by atoms with E-state index >= 15 is 0 Å². The van der Waals surface area contributed by atoms with Crippen molar-refractivity contribution in [1.29, 1.82) is 0 Å². The molecule has 6 nitrogen and oxygen atoms in total. The molecule has 1 heterocycles. The minimum atomic E-state index is -0.584. The number of nitrogens with zero attached hydrogens (tertiary/aromatic N) is 1. The fourth-order valence-electron chi connectivity index (χ4n) is 1.50. The van der Waals surface area contributed by atoms with Gasteiger partial charge in [-0.2, -0.15) is 0 Å². The predicted molar refractivity (Wildman–Crippen MR) is 57.6 cm³/mol. The number of nitrogens with one attached hydrogen (secondary N) is 2. The number of amides is 4. The van der Waals surface area contributed by atoms with Crippen LogP contribution >= 0.6 is 0 Å². The summed E-state index contributed by atoms with van der Waals surface area (Å²) < 4.78 is 0. The van der Waals surface area contributed by atoms with Crippen molar-refractivity contribution < 1.29 is 14.4 Å². The molecule has 1 saturated heterocycles. The molecule has 1 rings (SSSR count). The lowest BCUT2D eigenvalue weighted by atomic mass is 10.1. The van der Waals surface area contributed by atoms with Crippen LogP contribution < -0.4 is 10.6 Å². The smallest absolute Gasteiger partial charge is 0.315 e. The van der Waals surface area contributed by atoms with Crippen LogP contribution in [0.2, 0.25) is 0 Å². The van der Waals surface area contributed by atoms with E-state index in [9.17, 15) is 14.4 Å². The lowest BCUT2D eigenvalue weighted by molar-refractivity contribution is -0.147. The summed E-state index contributed by atoms with van der Waals surface area (Å²) in [6.07, 6.45) is 1.51. The maximum absolute atomic E-state index is 11.6. The van der Waals surface area contributed by atoms with Gasteiger partial charge in [-0.1, -0.05) is 6.92 Å². The third kappa shape index (κ3) is 2.95. The average Bonchev–Trinajstić information content (AvgIpc) is 2.27. The summed E-state index contributed by atoms with van der Waals surface area (Å²) in [7, 11) is 1.43. The van der Waals surface area contributed by atoms with Gasteiger partial charge in [-0.3, -0.25) is 14.5 Å². The van der Waals surface area contributed by atoms with Crippen LogP contribution in [-0.2, 0) is 9.59 Å². The molecule has 6 heteroatoms. The molecule has 0 radical (unpaired) electrons. The second-order valence-electron chi connectivity index (χ2n) is 3.78. The van der Waals surface area contributed by atoms with Gasteiger partial charge in [0, 0.05) is 20.0 Å². The first-order valence-electron chi connectivity index (χ1n) is 5.41. The molecule has 0 aliphatic carbocycles. The highest BCUT2D eigenvalue weighted by atomic mass is 16.2. The number of rotatable bonds is 3. The molecule has 16 heavy (non-hydrogen) atoms. The molecule has 0 saturated carbocycles. The molecule has 0 spiro atoms. The number of hydrogen-bond donors (Lipinski definition) is 2. The molecular formula is C10H17N3O3. The molecule has 1 aliphatic heterocycles. The maximum Gasteiger partial charge on any atom is 0.315 e. The number of carbonyl (C=O) groups excluding carboxylic acids is 3. The van der Waals surface area contributed by atoms with Crippen molar-refractivity contribution in [1.82, 2.24) is 15.5 Å². The third-order valence-electron chi connectivity index (χ3n) is 2.49. The summed E-state index contributed by atoms with van der Waals surface area (Å²) in [4.78, 5) is 35.2. The van der Waals surface area contributed by atoms with Crippen molar-refractivity contribution in [2.45, 2.75) is 32.2 Å². The number of piperidine rings is 1. The molecule has 0 aromatic carbocycles. The topological polar surface area (TPSA) is 78.5 Å². The molecule has 0 aromatic heterocycles. The lowest BCUT2D eigenvalue weighted by Crippen LogP contribution is -2.54. The minimum Gasteiger partial charge on any atom is -0.338 e. The predicted octanol–water partition coefficient (Wildman–Crippen LogP) is -0.157. The Labute approximate surface area is 94.4 Å². The molecule has 2 N–H and O–H groups in total. The zero-order valence-corrected chi connectivity index (χ0v) is 9.58. The number of likely N-dealkylation sites (tertiary alicyclic amines) is 1. The zero-order valence-electron chi connectivity index (χ0n) is 9.58. The SMILES string of the molecule is CCCNC(=O)NC1CCC(=O)N(C)C1=O. The molecule has 1 aliphatic rings. The van der Waals surface area contributed by atoms with E-state index < -0.39 is 6.04 Å². The molecule has 1 atom stereocenters. The van der Waals surface area contributed by atoms with Gasteiger partial charge in [-0.05, 0) is 12.8 Å². The number of urea groups is 1. The van der Waals surface area contributed by atoms with Crippen LogP contribution in [0.1, 0.15) is 26.2 Å². The highest BCUT2D eigenvalue weighted by Gasteiger charge is 2.32. The Balaban J connectivity index is 2.46. The van der Waals surface area contributed by atoms with E-state index in [0.29, 0.717) is 19.4 Å². The van der Waals surface area contributed by atoms with Crippen LogP contribution in [-0.4, -0.2) is 42.4 Å². The second kappa shape index (κ2) is 5.48. The van der Waals surface area contributed by atoms with Crippen molar-refractivity contribution in [3.8, 4) is 0 Å². The first-order valence-corrected chi connectivity index (χ1v) is 5.41. The van der Waals surface area contributed by atoms with E-state index in [1.54, 1.807) is 0 Å². The number of carbonyl (C=O) groups is 3. The van der Waals surface area contributed by atoms with Crippen molar-refractivity contribution in [2.24, 2.45) is 0 Å². The van der Waals surface area contributed by atoms with E-state index in [0.717, 1.165) is 11.3 Å². The van der Waals surface area contributed by atoms with Gasteiger partial charge in [-0.15, -0.1) is 0 Å². The Kier molecular flexibility index (Phi) is 4.28.